The van der Waals surface area contributed by atoms with E-state index in [1.807, 2.05) is 12.1 Å². The lowest BCUT2D eigenvalue weighted by Gasteiger charge is -2.19. The zero-order valence-corrected chi connectivity index (χ0v) is 19.5. The first-order valence-electron chi connectivity index (χ1n) is 8.98. The second-order valence-corrected chi connectivity index (χ2v) is 8.79. The summed E-state index contributed by atoms with van der Waals surface area (Å²) in [5.41, 5.74) is 1.78. The molecule has 4 nitrogen and oxygen atoms in total. The fourth-order valence-corrected chi connectivity index (χ4v) is 3.87. The van der Waals surface area contributed by atoms with Crippen LogP contribution in [0.2, 0.25) is 0 Å². The van der Waals surface area contributed by atoms with Crippen molar-refractivity contribution in [3.63, 3.8) is 0 Å². The molecule has 0 amide bonds. The van der Waals surface area contributed by atoms with Gasteiger partial charge < -0.3 is 10.6 Å². The normalized spacial score (nSPS) is 15.8. The van der Waals surface area contributed by atoms with Gasteiger partial charge in [-0.05, 0) is 24.5 Å². The molecule has 1 aromatic heterocycles. The Labute approximate surface area is 182 Å². The largest absolute Gasteiger partial charge is 0.356 e. The van der Waals surface area contributed by atoms with Gasteiger partial charge in [0, 0.05) is 29.8 Å². The van der Waals surface area contributed by atoms with Crippen molar-refractivity contribution < 1.29 is 4.39 Å². The van der Waals surface area contributed by atoms with E-state index in [2.05, 4.69) is 41.8 Å². The van der Waals surface area contributed by atoms with Crippen LogP contribution in [0, 0.1) is 5.82 Å². The summed E-state index contributed by atoms with van der Waals surface area (Å²) in [6, 6.07) is 7.07. The van der Waals surface area contributed by atoms with Gasteiger partial charge in [0.15, 0.2) is 5.96 Å². The molecule has 1 saturated carbocycles. The van der Waals surface area contributed by atoms with Crippen LogP contribution in [-0.2, 0) is 17.4 Å². The fourth-order valence-electron chi connectivity index (χ4n) is 2.96. The standard InChI is InChI=1S/C20H27FN4S.HI/c1-19(2,3)17-25-14(12-26-17)11-23-18(22-4)24-13-20(9-10-20)15-7-5-6-8-16(15)21;/h5-8,12H,9-11,13H2,1-4H3,(H2,22,23,24);1H. The number of aromatic nitrogens is 1. The number of aliphatic imine (C=N–C) groups is 1. The van der Waals surface area contributed by atoms with Gasteiger partial charge in [-0.3, -0.25) is 4.99 Å². The van der Waals surface area contributed by atoms with Gasteiger partial charge in [0.05, 0.1) is 17.2 Å². The Morgan fingerprint density at radius 3 is 2.52 bits per heavy atom. The SMILES string of the molecule is CN=C(NCc1csc(C(C)(C)C)n1)NCC1(c2ccccc2F)CC1.I. The Morgan fingerprint density at radius 1 is 1.26 bits per heavy atom. The van der Waals surface area contributed by atoms with E-state index in [4.69, 9.17) is 4.98 Å². The molecule has 1 heterocycles. The summed E-state index contributed by atoms with van der Waals surface area (Å²) in [5.74, 6) is 0.602. The highest BCUT2D eigenvalue weighted by Gasteiger charge is 2.45. The summed E-state index contributed by atoms with van der Waals surface area (Å²) < 4.78 is 14.1. The molecule has 1 fully saturated rings. The van der Waals surface area contributed by atoms with Gasteiger partial charge >= 0.3 is 0 Å². The van der Waals surface area contributed by atoms with Gasteiger partial charge in [0.2, 0.25) is 0 Å². The van der Waals surface area contributed by atoms with Gasteiger partial charge in [0.25, 0.3) is 0 Å². The van der Waals surface area contributed by atoms with Crippen LogP contribution in [-0.4, -0.2) is 24.5 Å². The highest BCUT2D eigenvalue weighted by molar-refractivity contribution is 14.0. The van der Waals surface area contributed by atoms with Crippen LogP contribution in [0.5, 0.6) is 0 Å². The maximum atomic E-state index is 14.1. The Morgan fingerprint density at radius 2 is 1.96 bits per heavy atom. The number of nitrogens with zero attached hydrogens (tertiary/aromatic N) is 2. The Kier molecular flexibility index (Phi) is 7.24. The second-order valence-electron chi connectivity index (χ2n) is 7.93. The minimum atomic E-state index is -0.119. The minimum Gasteiger partial charge on any atom is -0.356 e. The quantitative estimate of drug-likeness (QED) is 0.357. The van der Waals surface area contributed by atoms with Crippen molar-refractivity contribution in [3.8, 4) is 0 Å². The van der Waals surface area contributed by atoms with E-state index >= 15 is 0 Å². The first kappa shape index (κ1) is 22.1. The lowest BCUT2D eigenvalue weighted by Crippen LogP contribution is -2.41. The van der Waals surface area contributed by atoms with E-state index in [9.17, 15) is 4.39 Å². The molecule has 0 saturated heterocycles. The van der Waals surface area contributed by atoms with Gasteiger partial charge in [-0.15, -0.1) is 35.3 Å². The van der Waals surface area contributed by atoms with Crippen LogP contribution in [0.4, 0.5) is 4.39 Å². The molecule has 0 atom stereocenters. The average molecular weight is 502 g/mol. The van der Waals surface area contributed by atoms with Gasteiger partial charge in [-0.1, -0.05) is 39.0 Å². The van der Waals surface area contributed by atoms with E-state index in [-0.39, 0.29) is 40.6 Å². The molecule has 1 aliphatic carbocycles. The summed E-state index contributed by atoms with van der Waals surface area (Å²) in [7, 11) is 1.75. The van der Waals surface area contributed by atoms with Crippen LogP contribution in [0.15, 0.2) is 34.6 Å². The second kappa shape index (κ2) is 8.86. The first-order valence-corrected chi connectivity index (χ1v) is 9.86. The molecule has 0 spiro atoms. The van der Waals surface area contributed by atoms with Gasteiger partial charge in [-0.25, -0.2) is 9.37 Å². The number of benzene rings is 1. The smallest absolute Gasteiger partial charge is 0.191 e. The predicted molar refractivity (Wildman–Crippen MR) is 122 cm³/mol. The van der Waals surface area contributed by atoms with Crippen molar-refractivity contribution in [2.75, 3.05) is 13.6 Å². The van der Waals surface area contributed by atoms with Gasteiger partial charge in [0.1, 0.15) is 5.82 Å². The lowest BCUT2D eigenvalue weighted by molar-refractivity contribution is 0.559. The number of nitrogens with one attached hydrogen (secondary N) is 2. The summed E-state index contributed by atoms with van der Waals surface area (Å²) >= 11 is 1.69. The third kappa shape index (κ3) is 5.40. The Hall–Kier alpha value is -1.22. The number of halogens is 2. The van der Waals surface area contributed by atoms with Crippen molar-refractivity contribution >= 4 is 41.3 Å². The zero-order valence-electron chi connectivity index (χ0n) is 16.3. The van der Waals surface area contributed by atoms with Crippen molar-refractivity contribution in [2.45, 2.75) is 51.0 Å². The van der Waals surface area contributed by atoms with Crippen LogP contribution < -0.4 is 10.6 Å². The summed E-state index contributed by atoms with van der Waals surface area (Å²) in [6.07, 6.45) is 2.00. The van der Waals surface area contributed by atoms with Crippen LogP contribution >= 0.6 is 35.3 Å². The van der Waals surface area contributed by atoms with Crippen LogP contribution in [0.25, 0.3) is 0 Å². The third-order valence-electron chi connectivity index (χ3n) is 4.75. The molecule has 1 aliphatic rings. The van der Waals surface area contributed by atoms with Crippen molar-refractivity contribution in [2.24, 2.45) is 4.99 Å². The minimum absolute atomic E-state index is 0. The molecule has 2 aromatic rings. The molecular formula is C20H28FIN4S. The summed E-state index contributed by atoms with van der Waals surface area (Å²) in [4.78, 5) is 8.97. The number of hydrogen-bond donors (Lipinski definition) is 2. The number of rotatable bonds is 5. The summed E-state index contributed by atoms with van der Waals surface area (Å²) in [5, 5.41) is 9.88. The van der Waals surface area contributed by atoms with Crippen molar-refractivity contribution in [1.29, 1.82) is 0 Å². The highest BCUT2D eigenvalue weighted by atomic mass is 127. The van der Waals surface area contributed by atoms with Crippen LogP contribution in [0.1, 0.15) is 49.9 Å². The first-order chi connectivity index (χ1) is 12.3. The topological polar surface area (TPSA) is 49.3 Å². The molecule has 27 heavy (non-hydrogen) atoms. The third-order valence-corrected chi connectivity index (χ3v) is 6.06. The van der Waals surface area contributed by atoms with Crippen LogP contribution in [0.3, 0.4) is 0 Å². The van der Waals surface area contributed by atoms with E-state index in [0.717, 1.165) is 35.1 Å². The zero-order chi connectivity index (χ0) is 18.8. The maximum absolute atomic E-state index is 14.1. The number of thiazole rings is 1. The maximum Gasteiger partial charge on any atom is 0.191 e. The molecule has 0 radical (unpaired) electrons. The number of hydrogen-bond acceptors (Lipinski definition) is 3. The molecule has 0 aliphatic heterocycles. The van der Waals surface area contributed by atoms with E-state index in [1.54, 1.807) is 24.5 Å². The molecule has 1 aromatic carbocycles. The van der Waals surface area contributed by atoms with E-state index in [0.29, 0.717) is 13.1 Å². The Bertz CT molecular complexity index is 793. The van der Waals surface area contributed by atoms with E-state index < -0.39 is 0 Å². The highest BCUT2D eigenvalue weighted by Crippen LogP contribution is 2.48. The molecular weight excluding hydrogens is 474 g/mol. The molecule has 148 valence electrons. The van der Waals surface area contributed by atoms with Gasteiger partial charge in [-0.2, -0.15) is 0 Å². The van der Waals surface area contributed by atoms with Crippen molar-refractivity contribution in [1.82, 2.24) is 15.6 Å². The lowest BCUT2D eigenvalue weighted by atomic mass is 9.95. The molecule has 3 rings (SSSR count). The fraction of sp³-hybridized carbons (Fsp3) is 0.500. The van der Waals surface area contributed by atoms with E-state index in [1.165, 1.54) is 6.07 Å². The monoisotopic (exact) mass is 502 g/mol. The molecule has 0 bridgehead atoms. The Balaban J connectivity index is 0.00000261. The summed E-state index contributed by atoms with van der Waals surface area (Å²) in [6.45, 7) is 7.81. The van der Waals surface area contributed by atoms with Crippen molar-refractivity contribution in [3.05, 3.63) is 51.7 Å². The molecule has 2 N–H and O–H groups in total. The number of guanidine groups is 1. The molecule has 7 heteroatoms. The average Bonchev–Trinajstić information content (AvgIpc) is 3.22. The predicted octanol–water partition coefficient (Wildman–Crippen LogP) is 4.59. The molecule has 0 unspecified atom stereocenters.